The van der Waals surface area contributed by atoms with E-state index in [1.54, 1.807) is 20.0 Å². The third-order valence-electron chi connectivity index (χ3n) is 5.02. The predicted octanol–water partition coefficient (Wildman–Crippen LogP) is 2.41. The van der Waals surface area contributed by atoms with Gasteiger partial charge in [-0.3, -0.25) is 14.4 Å². The zero-order chi connectivity index (χ0) is 22.4. The van der Waals surface area contributed by atoms with Crippen molar-refractivity contribution in [2.75, 3.05) is 11.9 Å². The van der Waals surface area contributed by atoms with Crippen molar-refractivity contribution in [3.8, 4) is 0 Å². The summed E-state index contributed by atoms with van der Waals surface area (Å²) in [4.78, 5) is 43.9. The lowest BCUT2D eigenvalue weighted by molar-refractivity contribution is -0.130. The minimum atomic E-state index is -1.12. The first-order chi connectivity index (χ1) is 14.9. The van der Waals surface area contributed by atoms with Crippen molar-refractivity contribution in [2.45, 2.75) is 32.0 Å². The quantitative estimate of drug-likeness (QED) is 0.677. The Bertz CT molecular complexity index is 1020. The molecule has 0 bridgehead atoms. The van der Waals surface area contributed by atoms with Crippen LogP contribution in [0.5, 0.6) is 0 Å². The number of carbonyl (C=O) groups is 3. The molecule has 0 unspecified atom stereocenters. The number of benzene rings is 2. The van der Waals surface area contributed by atoms with E-state index in [2.05, 4.69) is 22.2 Å². The van der Waals surface area contributed by atoms with Gasteiger partial charge in [-0.15, -0.1) is 6.58 Å². The topological polar surface area (TPSA) is 90.9 Å². The number of nitrogens with one attached hydrogen (secondary N) is 2. The van der Waals surface area contributed by atoms with Gasteiger partial charge in [0.15, 0.2) is 0 Å². The van der Waals surface area contributed by atoms with Crippen LogP contribution in [0.25, 0.3) is 0 Å². The number of hydrogen-bond acceptors (Lipinski definition) is 4. The molecule has 3 rings (SSSR count). The standard InChI is InChI=1S/C24H26N4O3/c1-4-5-15-20(29)25-16(2)23(30)27-22-24(31)28(3)19-14-10-9-13-18(19)21(26-22)17-11-7-6-8-12-17/h4,6-14,16,22H,1,5,15H2,2-3H3,(H,25,29)(H,27,30)/t16-,22+/m0/s1. The molecule has 2 N–H and O–H groups in total. The fourth-order valence-corrected chi connectivity index (χ4v) is 3.31. The van der Waals surface area contributed by atoms with E-state index in [1.807, 2.05) is 54.6 Å². The van der Waals surface area contributed by atoms with E-state index in [0.717, 1.165) is 11.1 Å². The number of rotatable bonds is 7. The zero-order valence-corrected chi connectivity index (χ0v) is 17.7. The number of carbonyl (C=O) groups excluding carboxylic acids is 3. The molecule has 1 aliphatic heterocycles. The molecule has 1 heterocycles. The molecule has 0 aliphatic carbocycles. The SMILES string of the molecule is C=CCCC(=O)N[C@@H](C)C(=O)N[C@H]1N=C(c2ccccc2)c2ccccc2N(C)C1=O. The molecule has 7 heteroatoms. The molecule has 0 saturated heterocycles. The van der Waals surface area contributed by atoms with Crippen molar-refractivity contribution in [3.05, 3.63) is 78.4 Å². The van der Waals surface area contributed by atoms with E-state index in [1.165, 1.54) is 4.90 Å². The largest absolute Gasteiger partial charge is 0.345 e. The van der Waals surface area contributed by atoms with Gasteiger partial charge in [-0.1, -0.05) is 54.6 Å². The van der Waals surface area contributed by atoms with Crippen LogP contribution in [0.15, 0.2) is 72.2 Å². The van der Waals surface area contributed by atoms with Gasteiger partial charge >= 0.3 is 0 Å². The lowest BCUT2D eigenvalue weighted by Crippen LogP contribution is -2.52. The predicted molar refractivity (Wildman–Crippen MR) is 121 cm³/mol. The Morgan fingerprint density at radius 2 is 1.84 bits per heavy atom. The van der Waals surface area contributed by atoms with Crippen LogP contribution in [-0.4, -0.2) is 42.7 Å². The molecular weight excluding hydrogens is 392 g/mol. The third kappa shape index (κ3) is 5.06. The molecule has 2 atom stereocenters. The minimum Gasteiger partial charge on any atom is -0.345 e. The Morgan fingerprint density at radius 1 is 1.16 bits per heavy atom. The molecule has 0 saturated carbocycles. The number of anilines is 1. The maximum Gasteiger partial charge on any atom is 0.272 e. The molecule has 2 aromatic carbocycles. The average molecular weight is 418 g/mol. The lowest BCUT2D eigenvalue weighted by atomic mass is 10.0. The van der Waals surface area contributed by atoms with Crippen LogP contribution in [0.3, 0.4) is 0 Å². The summed E-state index contributed by atoms with van der Waals surface area (Å²) >= 11 is 0. The number of nitrogens with zero attached hydrogens (tertiary/aromatic N) is 2. The van der Waals surface area contributed by atoms with E-state index in [4.69, 9.17) is 0 Å². The molecule has 0 fully saturated rings. The van der Waals surface area contributed by atoms with E-state index in [0.29, 0.717) is 17.8 Å². The Morgan fingerprint density at radius 3 is 2.55 bits per heavy atom. The normalized spacial score (nSPS) is 16.5. The number of aliphatic imine (C=N–C) groups is 1. The van der Waals surface area contributed by atoms with E-state index in [9.17, 15) is 14.4 Å². The van der Waals surface area contributed by atoms with Crippen LogP contribution in [0.2, 0.25) is 0 Å². The second-order valence-corrected chi connectivity index (χ2v) is 7.29. The number of allylic oxidation sites excluding steroid dienone is 1. The van der Waals surface area contributed by atoms with Crippen molar-refractivity contribution in [3.63, 3.8) is 0 Å². The van der Waals surface area contributed by atoms with Gasteiger partial charge in [0.1, 0.15) is 6.04 Å². The highest BCUT2D eigenvalue weighted by molar-refractivity contribution is 6.20. The summed E-state index contributed by atoms with van der Waals surface area (Å²) in [5.74, 6) is -1.11. The summed E-state index contributed by atoms with van der Waals surface area (Å²) in [5, 5.41) is 5.32. The zero-order valence-electron chi connectivity index (χ0n) is 17.7. The van der Waals surface area contributed by atoms with Crippen LogP contribution in [-0.2, 0) is 14.4 Å². The smallest absolute Gasteiger partial charge is 0.272 e. The third-order valence-corrected chi connectivity index (χ3v) is 5.02. The van der Waals surface area contributed by atoms with Gasteiger partial charge in [0.25, 0.3) is 5.91 Å². The number of benzodiazepines with no additional fused rings is 1. The van der Waals surface area contributed by atoms with Gasteiger partial charge in [0.2, 0.25) is 18.0 Å². The Labute approximate surface area is 181 Å². The highest BCUT2D eigenvalue weighted by Gasteiger charge is 2.32. The maximum atomic E-state index is 13.1. The molecule has 0 aromatic heterocycles. The maximum absolute atomic E-state index is 13.1. The number of likely N-dealkylation sites (N-methyl/N-ethyl adjacent to an activating group) is 1. The van der Waals surface area contributed by atoms with Crippen molar-refractivity contribution >= 4 is 29.1 Å². The first kappa shape index (κ1) is 22.0. The van der Waals surface area contributed by atoms with Gasteiger partial charge in [0, 0.05) is 24.6 Å². The molecule has 160 valence electrons. The summed E-state index contributed by atoms with van der Waals surface area (Å²) in [5.41, 5.74) is 2.95. The van der Waals surface area contributed by atoms with Gasteiger partial charge in [0.05, 0.1) is 11.4 Å². The van der Waals surface area contributed by atoms with Gasteiger partial charge in [-0.2, -0.15) is 0 Å². The fraction of sp³-hybridized carbons (Fsp3) is 0.250. The second kappa shape index (κ2) is 9.84. The van der Waals surface area contributed by atoms with Crippen molar-refractivity contribution in [1.82, 2.24) is 10.6 Å². The molecule has 0 spiro atoms. The number of amides is 3. The van der Waals surface area contributed by atoms with Gasteiger partial charge in [-0.25, -0.2) is 4.99 Å². The lowest BCUT2D eigenvalue weighted by Gasteiger charge is -2.22. The Kier molecular flexibility index (Phi) is 6.97. The molecule has 7 nitrogen and oxygen atoms in total. The summed E-state index contributed by atoms with van der Waals surface area (Å²) in [6.45, 7) is 5.15. The van der Waals surface area contributed by atoms with Crippen LogP contribution in [0, 0.1) is 0 Å². The Hall–Kier alpha value is -3.74. The van der Waals surface area contributed by atoms with E-state index < -0.39 is 18.1 Å². The highest BCUT2D eigenvalue weighted by atomic mass is 16.2. The van der Waals surface area contributed by atoms with Crippen LogP contribution < -0.4 is 15.5 Å². The molecule has 2 aromatic rings. The number of hydrogen-bond donors (Lipinski definition) is 2. The van der Waals surface area contributed by atoms with E-state index in [-0.39, 0.29) is 18.2 Å². The summed E-state index contributed by atoms with van der Waals surface area (Å²) in [7, 11) is 1.66. The number of para-hydroxylation sites is 1. The highest BCUT2D eigenvalue weighted by Crippen LogP contribution is 2.27. The van der Waals surface area contributed by atoms with Crippen molar-refractivity contribution in [2.24, 2.45) is 4.99 Å². The average Bonchev–Trinajstić information content (AvgIpc) is 2.89. The van der Waals surface area contributed by atoms with Crippen LogP contribution >= 0.6 is 0 Å². The summed E-state index contributed by atoms with van der Waals surface area (Å²) in [6.07, 6.45) is 1.29. The monoisotopic (exact) mass is 418 g/mol. The molecule has 3 amide bonds. The molecule has 31 heavy (non-hydrogen) atoms. The first-order valence-electron chi connectivity index (χ1n) is 10.1. The van der Waals surface area contributed by atoms with Crippen molar-refractivity contribution < 1.29 is 14.4 Å². The van der Waals surface area contributed by atoms with E-state index >= 15 is 0 Å². The first-order valence-corrected chi connectivity index (χ1v) is 10.1. The fourth-order valence-electron chi connectivity index (χ4n) is 3.31. The number of fused-ring (bicyclic) bond motifs is 1. The molecule has 0 radical (unpaired) electrons. The second-order valence-electron chi connectivity index (χ2n) is 7.29. The van der Waals surface area contributed by atoms with Crippen molar-refractivity contribution in [1.29, 1.82) is 0 Å². The van der Waals surface area contributed by atoms with Crippen LogP contribution in [0.1, 0.15) is 30.9 Å². The van der Waals surface area contributed by atoms with Crippen LogP contribution in [0.4, 0.5) is 5.69 Å². The summed E-state index contributed by atoms with van der Waals surface area (Å²) in [6, 6.07) is 16.2. The summed E-state index contributed by atoms with van der Waals surface area (Å²) < 4.78 is 0. The molecule has 1 aliphatic rings. The Balaban J connectivity index is 1.89. The van der Waals surface area contributed by atoms with Gasteiger partial charge in [-0.05, 0) is 19.4 Å². The minimum absolute atomic E-state index is 0.248. The molecular formula is C24H26N4O3. The van der Waals surface area contributed by atoms with Gasteiger partial charge < -0.3 is 15.5 Å².